The molecule has 1 heterocycles. The number of nitrogens with zero attached hydrogens (tertiary/aromatic N) is 1. The molecule has 0 aliphatic carbocycles. The highest BCUT2D eigenvalue weighted by Gasteiger charge is 2.11. The molecule has 2 aromatic carbocycles. The zero-order valence-electron chi connectivity index (χ0n) is 13.1. The second-order valence-electron chi connectivity index (χ2n) is 5.92. The molecule has 114 valence electrons. The Kier molecular flexibility index (Phi) is 4.12. The van der Waals surface area contributed by atoms with Gasteiger partial charge in [-0.2, -0.15) is 0 Å². The molecule has 0 spiro atoms. The highest BCUT2D eigenvalue weighted by atomic mass is 35.5. The molecule has 2 nitrogen and oxygen atoms in total. The lowest BCUT2D eigenvalue weighted by Crippen LogP contribution is -1.98. The molecule has 0 N–H and O–H groups in total. The molecule has 3 rings (SSSR count). The number of hydrogen-bond donors (Lipinski definition) is 0. The van der Waals surface area contributed by atoms with Crippen molar-refractivity contribution in [3.63, 3.8) is 0 Å². The van der Waals surface area contributed by atoms with Gasteiger partial charge in [-0.1, -0.05) is 23.2 Å². The molecule has 0 aliphatic heterocycles. The van der Waals surface area contributed by atoms with E-state index in [-0.39, 0.29) is 0 Å². The number of halogens is 1. The number of hydrogen-bond acceptors (Lipinski definition) is 1. The summed E-state index contributed by atoms with van der Waals surface area (Å²) < 4.78 is 8.22. The lowest BCUT2D eigenvalue weighted by atomic mass is 10.1. The molecular formula is C19H20ClNO. The Morgan fingerprint density at radius 1 is 1.09 bits per heavy atom. The first kappa shape index (κ1) is 15.0. The summed E-state index contributed by atoms with van der Waals surface area (Å²) in [6.07, 6.45) is 2.20. The van der Waals surface area contributed by atoms with Crippen LogP contribution in [0.25, 0.3) is 10.9 Å². The van der Waals surface area contributed by atoms with Gasteiger partial charge >= 0.3 is 0 Å². The summed E-state index contributed by atoms with van der Waals surface area (Å²) in [7, 11) is 0. The van der Waals surface area contributed by atoms with Gasteiger partial charge in [0, 0.05) is 33.7 Å². The van der Waals surface area contributed by atoms with Gasteiger partial charge < -0.3 is 9.30 Å². The fourth-order valence-electron chi connectivity index (χ4n) is 2.67. The summed E-state index contributed by atoms with van der Waals surface area (Å²) >= 11 is 5.90. The SMILES string of the molecule is Cc1ccc2c(c1)c(COc1ccc(Cl)cc1)cn2C(C)C. The molecule has 0 atom stereocenters. The van der Waals surface area contributed by atoms with Crippen molar-refractivity contribution in [2.24, 2.45) is 0 Å². The van der Waals surface area contributed by atoms with E-state index in [4.69, 9.17) is 16.3 Å². The largest absolute Gasteiger partial charge is 0.489 e. The molecule has 0 saturated heterocycles. The first-order chi connectivity index (χ1) is 10.5. The minimum atomic E-state index is 0.425. The Balaban J connectivity index is 1.92. The Bertz CT molecular complexity index is 787. The van der Waals surface area contributed by atoms with E-state index in [1.54, 1.807) is 0 Å². The molecule has 0 amide bonds. The van der Waals surface area contributed by atoms with Gasteiger partial charge in [0.2, 0.25) is 0 Å². The Labute approximate surface area is 136 Å². The number of fused-ring (bicyclic) bond motifs is 1. The zero-order valence-corrected chi connectivity index (χ0v) is 13.9. The number of ether oxygens (including phenoxy) is 1. The highest BCUT2D eigenvalue weighted by Crippen LogP contribution is 2.27. The highest BCUT2D eigenvalue weighted by molar-refractivity contribution is 6.30. The van der Waals surface area contributed by atoms with E-state index < -0.39 is 0 Å². The standard InChI is InChI=1S/C19H20ClNO/c1-13(2)21-11-15(18-10-14(3)4-9-19(18)21)12-22-17-7-5-16(20)6-8-17/h4-11,13H,12H2,1-3H3. The molecule has 0 bridgehead atoms. The van der Waals surface area contributed by atoms with Gasteiger partial charge in [-0.25, -0.2) is 0 Å². The quantitative estimate of drug-likeness (QED) is 0.597. The van der Waals surface area contributed by atoms with Crippen LogP contribution in [-0.2, 0) is 6.61 Å². The predicted octanol–water partition coefficient (Wildman–Crippen LogP) is 5.76. The van der Waals surface area contributed by atoms with Crippen molar-refractivity contribution in [2.45, 2.75) is 33.4 Å². The van der Waals surface area contributed by atoms with E-state index >= 15 is 0 Å². The third-order valence-corrected chi connectivity index (χ3v) is 4.09. The van der Waals surface area contributed by atoms with Crippen molar-refractivity contribution in [1.82, 2.24) is 4.57 Å². The summed E-state index contributed by atoms with van der Waals surface area (Å²) in [5.41, 5.74) is 3.74. The second kappa shape index (κ2) is 6.05. The van der Waals surface area contributed by atoms with E-state index in [0.29, 0.717) is 12.6 Å². The zero-order chi connectivity index (χ0) is 15.7. The van der Waals surface area contributed by atoms with E-state index in [1.807, 2.05) is 24.3 Å². The van der Waals surface area contributed by atoms with Crippen molar-refractivity contribution < 1.29 is 4.74 Å². The molecule has 0 fully saturated rings. The predicted molar refractivity (Wildman–Crippen MR) is 92.8 cm³/mol. The molecule has 0 radical (unpaired) electrons. The van der Waals surface area contributed by atoms with Gasteiger partial charge in [0.25, 0.3) is 0 Å². The Hall–Kier alpha value is -1.93. The Morgan fingerprint density at radius 2 is 1.82 bits per heavy atom. The summed E-state index contributed by atoms with van der Waals surface area (Å²) in [5, 5.41) is 1.99. The smallest absolute Gasteiger partial charge is 0.119 e. The normalized spacial score (nSPS) is 11.3. The number of rotatable bonds is 4. The van der Waals surface area contributed by atoms with Crippen molar-refractivity contribution in [3.8, 4) is 5.75 Å². The van der Waals surface area contributed by atoms with E-state index in [2.05, 4.69) is 49.7 Å². The maximum atomic E-state index is 5.92. The number of aromatic nitrogens is 1. The van der Waals surface area contributed by atoms with Crippen LogP contribution in [-0.4, -0.2) is 4.57 Å². The van der Waals surface area contributed by atoms with E-state index in [9.17, 15) is 0 Å². The topological polar surface area (TPSA) is 14.2 Å². The van der Waals surface area contributed by atoms with Gasteiger partial charge in [-0.15, -0.1) is 0 Å². The third-order valence-electron chi connectivity index (χ3n) is 3.84. The molecule has 3 aromatic rings. The van der Waals surface area contributed by atoms with Gasteiger partial charge in [0.15, 0.2) is 0 Å². The lowest BCUT2D eigenvalue weighted by Gasteiger charge is -2.08. The van der Waals surface area contributed by atoms with E-state index in [1.165, 1.54) is 22.0 Å². The molecule has 0 aliphatic rings. The average molecular weight is 314 g/mol. The van der Waals surface area contributed by atoms with Crippen LogP contribution in [0.5, 0.6) is 5.75 Å². The maximum absolute atomic E-state index is 5.92. The van der Waals surface area contributed by atoms with Crippen LogP contribution in [0.15, 0.2) is 48.7 Å². The Morgan fingerprint density at radius 3 is 2.50 bits per heavy atom. The first-order valence-electron chi connectivity index (χ1n) is 7.53. The average Bonchev–Trinajstić information content (AvgIpc) is 2.85. The molecule has 3 heteroatoms. The van der Waals surface area contributed by atoms with Crippen molar-refractivity contribution in [3.05, 3.63) is 64.8 Å². The third kappa shape index (κ3) is 2.97. The number of aryl methyl sites for hydroxylation is 1. The van der Waals surface area contributed by atoms with Crippen LogP contribution in [0, 0.1) is 6.92 Å². The van der Waals surface area contributed by atoms with Crippen LogP contribution in [0.1, 0.15) is 31.0 Å². The molecule has 22 heavy (non-hydrogen) atoms. The van der Waals surface area contributed by atoms with Crippen molar-refractivity contribution in [1.29, 1.82) is 0 Å². The summed E-state index contributed by atoms with van der Waals surface area (Å²) in [6, 6.07) is 14.5. The van der Waals surface area contributed by atoms with Crippen molar-refractivity contribution >= 4 is 22.5 Å². The van der Waals surface area contributed by atoms with Gasteiger partial charge in [-0.05, 0) is 57.2 Å². The van der Waals surface area contributed by atoms with Crippen LogP contribution >= 0.6 is 11.6 Å². The minimum Gasteiger partial charge on any atom is -0.489 e. The van der Waals surface area contributed by atoms with Crippen LogP contribution in [0.2, 0.25) is 5.02 Å². The van der Waals surface area contributed by atoms with E-state index in [0.717, 1.165) is 10.8 Å². The lowest BCUT2D eigenvalue weighted by molar-refractivity contribution is 0.307. The van der Waals surface area contributed by atoms with Crippen LogP contribution in [0.3, 0.4) is 0 Å². The van der Waals surface area contributed by atoms with Crippen LogP contribution in [0.4, 0.5) is 0 Å². The van der Waals surface area contributed by atoms with Crippen LogP contribution < -0.4 is 4.74 Å². The minimum absolute atomic E-state index is 0.425. The number of benzene rings is 2. The van der Waals surface area contributed by atoms with Crippen molar-refractivity contribution in [2.75, 3.05) is 0 Å². The fraction of sp³-hybridized carbons (Fsp3) is 0.263. The van der Waals surface area contributed by atoms with Gasteiger partial charge in [0.1, 0.15) is 12.4 Å². The summed E-state index contributed by atoms with van der Waals surface area (Å²) in [6.45, 7) is 7.07. The second-order valence-corrected chi connectivity index (χ2v) is 6.35. The molecule has 0 saturated carbocycles. The van der Waals surface area contributed by atoms with Gasteiger partial charge in [-0.3, -0.25) is 0 Å². The fourth-order valence-corrected chi connectivity index (χ4v) is 2.80. The monoisotopic (exact) mass is 313 g/mol. The molecule has 0 unspecified atom stereocenters. The summed E-state index contributed by atoms with van der Waals surface area (Å²) in [4.78, 5) is 0. The van der Waals surface area contributed by atoms with Gasteiger partial charge in [0.05, 0.1) is 0 Å². The first-order valence-corrected chi connectivity index (χ1v) is 7.91. The molecular weight excluding hydrogens is 294 g/mol. The maximum Gasteiger partial charge on any atom is 0.119 e. The molecule has 1 aromatic heterocycles. The summed E-state index contributed by atoms with van der Waals surface area (Å²) in [5.74, 6) is 0.836.